The van der Waals surface area contributed by atoms with Gasteiger partial charge >= 0.3 is 0 Å². The monoisotopic (exact) mass is 292 g/mol. The van der Waals surface area contributed by atoms with E-state index >= 15 is 0 Å². The van der Waals surface area contributed by atoms with Crippen LogP contribution in [0, 0.1) is 0 Å². The number of carbonyl (C=O) groups excluding carboxylic acids is 1. The van der Waals surface area contributed by atoms with Crippen LogP contribution in [0.2, 0.25) is 0 Å². The number of amides is 1. The molecule has 0 saturated heterocycles. The van der Waals surface area contributed by atoms with Crippen molar-refractivity contribution in [3.05, 3.63) is 30.2 Å². The molecule has 0 aromatic carbocycles. The van der Waals surface area contributed by atoms with Crippen molar-refractivity contribution in [2.45, 2.75) is 31.9 Å². The van der Waals surface area contributed by atoms with Crippen molar-refractivity contribution in [2.24, 2.45) is 0 Å². The molecule has 2 heterocycles. The highest BCUT2D eigenvalue weighted by atomic mass is 32.2. The second kappa shape index (κ2) is 6.26. The van der Waals surface area contributed by atoms with Gasteiger partial charge in [0.25, 0.3) is 0 Å². The first-order valence-electron chi connectivity index (χ1n) is 6.65. The lowest BCUT2D eigenvalue weighted by Crippen LogP contribution is -2.29. The number of hydrogen-bond donors (Lipinski definition) is 1. The van der Waals surface area contributed by atoms with Crippen LogP contribution in [0.1, 0.15) is 26.6 Å². The molecule has 0 bridgehead atoms. The van der Waals surface area contributed by atoms with Gasteiger partial charge in [-0.15, -0.1) is 22.0 Å². The highest BCUT2D eigenvalue weighted by molar-refractivity contribution is 8.01. The number of fused-ring (bicyclic) bond motifs is 1. The average Bonchev–Trinajstić information content (AvgIpc) is 2.79. The van der Waals surface area contributed by atoms with Gasteiger partial charge in [0, 0.05) is 23.9 Å². The Bertz CT molecular complexity index is 588. The third kappa shape index (κ3) is 4.23. The van der Waals surface area contributed by atoms with E-state index in [0.717, 1.165) is 11.5 Å². The summed E-state index contributed by atoms with van der Waals surface area (Å²) in [6, 6.07) is 5.78. The zero-order valence-electron chi connectivity index (χ0n) is 12.1. The van der Waals surface area contributed by atoms with Crippen LogP contribution >= 0.6 is 11.8 Å². The summed E-state index contributed by atoms with van der Waals surface area (Å²) in [5, 5.41) is 11.1. The van der Waals surface area contributed by atoms with Crippen LogP contribution < -0.4 is 5.32 Å². The van der Waals surface area contributed by atoms with Crippen molar-refractivity contribution in [1.29, 1.82) is 0 Å². The molecule has 6 heteroatoms. The Morgan fingerprint density at radius 3 is 2.90 bits per heavy atom. The van der Waals surface area contributed by atoms with E-state index in [1.807, 2.05) is 28.8 Å². The quantitative estimate of drug-likeness (QED) is 0.914. The maximum Gasteiger partial charge on any atom is 0.230 e. The normalized spacial score (nSPS) is 11.8. The lowest BCUT2D eigenvalue weighted by molar-refractivity contribution is -0.118. The smallest absolute Gasteiger partial charge is 0.230 e. The predicted molar refractivity (Wildman–Crippen MR) is 81.9 cm³/mol. The van der Waals surface area contributed by atoms with Crippen LogP contribution in [0.5, 0.6) is 0 Å². The van der Waals surface area contributed by atoms with Crippen molar-refractivity contribution in [2.75, 3.05) is 12.3 Å². The molecule has 2 aromatic rings. The maximum absolute atomic E-state index is 11.7. The summed E-state index contributed by atoms with van der Waals surface area (Å²) in [6.45, 7) is 6.90. The van der Waals surface area contributed by atoms with E-state index in [4.69, 9.17) is 0 Å². The number of carbonyl (C=O) groups is 1. The number of thioether (sulfide) groups is 1. The molecule has 0 spiro atoms. The zero-order valence-corrected chi connectivity index (χ0v) is 12.9. The summed E-state index contributed by atoms with van der Waals surface area (Å²) in [5.74, 6) is 1.42. The molecule has 0 aliphatic carbocycles. The first-order valence-corrected chi connectivity index (χ1v) is 7.63. The Hall–Kier alpha value is -1.56. The number of nitrogens with one attached hydrogen (secondary N) is 1. The van der Waals surface area contributed by atoms with Gasteiger partial charge in [0.05, 0.1) is 5.75 Å². The molecule has 2 aromatic heterocycles. The molecule has 108 valence electrons. The molecule has 20 heavy (non-hydrogen) atoms. The Labute approximate surface area is 123 Å². The van der Waals surface area contributed by atoms with E-state index in [9.17, 15) is 4.79 Å². The predicted octanol–water partition coefficient (Wildman–Crippen LogP) is 1.92. The van der Waals surface area contributed by atoms with Crippen LogP contribution in [0.3, 0.4) is 0 Å². The minimum Gasteiger partial charge on any atom is -0.355 e. The summed E-state index contributed by atoms with van der Waals surface area (Å²) in [6.07, 6.45) is 2.61. The van der Waals surface area contributed by atoms with Gasteiger partial charge < -0.3 is 5.32 Å². The minimum atomic E-state index is 0.0683. The van der Waals surface area contributed by atoms with E-state index < -0.39 is 0 Å². The number of nitrogens with zero attached hydrogens (tertiary/aromatic N) is 3. The van der Waals surface area contributed by atoms with Crippen LogP contribution in [0.15, 0.2) is 24.4 Å². The summed E-state index contributed by atoms with van der Waals surface area (Å²) >= 11 is 1.65. The van der Waals surface area contributed by atoms with Gasteiger partial charge in [0.1, 0.15) is 5.82 Å². The van der Waals surface area contributed by atoms with E-state index in [1.54, 1.807) is 11.8 Å². The second-order valence-electron chi connectivity index (χ2n) is 5.55. The summed E-state index contributed by atoms with van der Waals surface area (Å²) in [4.78, 5) is 11.7. The van der Waals surface area contributed by atoms with Crippen LogP contribution in [0.4, 0.5) is 0 Å². The van der Waals surface area contributed by atoms with Gasteiger partial charge in [-0.25, -0.2) is 0 Å². The van der Waals surface area contributed by atoms with Crippen LogP contribution in [-0.4, -0.2) is 37.5 Å². The van der Waals surface area contributed by atoms with Gasteiger partial charge in [0.15, 0.2) is 5.65 Å². The first-order chi connectivity index (χ1) is 9.46. The number of rotatable bonds is 5. The first kappa shape index (κ1) is 14.8. The Morgan fingerprint density at radius 2 is 2.15 bits per heavy atom. The number of hydrogen-bond acceptors (Lipinski definition) is 4. The lowest BCUT2D eigenvalue weighted by Gasteiger charge is -2.16. The van der Waals surface area contributed by atoms with Gasteiger partial charge in [-0.3, -0.25) is 9.20 Å². The minimum absolute atomic E-state index is 0.0683. The molecule has 0 aliphatic rings. The molecule has 1 amide bonds. The van der Waals surface area contributed by atoms with Gasteiger partial charge in [0.2, 0.25) is 5.91 Å². The third-order valence-corrected chi connectivity index (χ3v) is 3.96. The molecule has 0 fully saturated rings. The Kier molecular flexibility index (Phi) is 4.65. The lowest BCUT2D eigenvalue weighted by atomic mass is 10.3. The van der Waals surface area contributed by atoms with Crippen molar-refractivity contribution in [3.8, 4) is 0 Å². The second-order valence-corrected chi connectivity index (χ2v) is 7.35. The molecule has 5 nitrogen and oxygen atoms in total. The Morgan fingerprint density at radius 1 is 1.35 bits per heavy atom. The van der Waals surface area contributed by atoms with Crippen molar-refractivity contribution in [3.63, 3.8) is 0 Å². The maximum atomic E-state index is 11.7. The molecular weight excluding hydrogens is 272 g/mol. The fraction of sp³-hybridized carbons (Fsp3) is 0.500. The largest absolute Gasteiger partial charge is 0.355 e. The van der Waals surface area contributed by atoms with Crippen molar-refractivity contribution >= 4 is 23.3 Å². The molecule has 0 aliphatic heterocycles. The molecule has 0 atom stereocenters. The molecular formula is C14H20N4OS. The fourth-order valence-electron chi connectivity index (χ4n) is 1.71. The van der Waals surface area contributed by atoms with Crippen molar-refractivity contribution in [1.82, 2.24) is 19.9 Å². The van der Waals surface area contributed by atoms with E-state index in [2.05, 4.69) is 36.3 Å². The molecule has 2 rings (SSSR count). The zero-order chi connectivity index (χ0) is 14.6. The highest BCUT2D eigenvalue weighted by Crippen LogP contribution is 2.22. The van der Waals surface area contributed by atoms with Crippen LogP contribution in [0.25, 0.3) is 5.65 Å². The van der Waals surface area contributed by atoms with E-state index in [0.29, 0.717) is 18.7 Å². The van der Waals surface area contributed by atoms with Gasteiger partial charge in [-0.1, -0.05) is 26.8 Å². The molecule has 1 N–H and O–H groups in total. The molecule has 0 saturated carbocycles. The van der Waals surface area contributed by atoms with E-state index in [1.165, 1.54) is 0 Å². The third-order valence-electron chi connectivity index (χ3n) is 2.69. The Balaban J connectivity index is 1.80. The average molecular weight is 292 g/mol. The summed E-state index contributed by atoms with van der Waals surface area (Å²) in [5.41, 5.74) is 0.831. The van der Waals surface area contributed by atoms with Gasteiger partial charge in [-0.2, -0.15) is 0 Å². The van der Waals surface area contributed by atoms with Gasteiger partial charge in [-0.05, 0) is 12.1 Å². The topological polar surface area (TPSA) is 59.3 Å². The summed E-state index contributed by atoms with van der Waals surface area (Å²) < 4.78 is 2.05. The molecule has 0 radical (unpaired) electrons. The number of pyridine rings is 1. The van der Waals surface area contributed by atoms with Crippen molar-refractivity contribution < 1.29 is 4.79 Å². The van der Waals surface area contributed by atoms with E-state index in [-0.39, 0.29) is 10.7 Å². The highest BCUT2D eigenvalue weighted by Gasteiger charge is 2.13. The SMILES string of the molecule is CC(C)(C)SCC(=O)NCCc1nnc2ccccn12. The summed E-state index contributed by atoms with van der Waals surface area (Å²) in [7, 11) is 0. The van der Waals surface area contributed by atoms with Crippen LogP contribution in [-0.2, 0) is 11.2 Å². The molecule has 0 unspecified atom stereocenters. The number of aromatic nitrogens is 3. The fourth-order valence-corrected chi connectivity index (χ4v) is 2.37. The standard InChI is InChI=1S/C14H20N4OS/c1-14(2,3)20-10-13(19)15-8-7-12-17-16-11-6-4-5-9-18(11)12/h4-6,9H,7-8,10H2,1-3H3,(H,15,19).